The quantitative estimate of drug-likeness (QED) is 0.390. The summed E-state index contributed by atoms with van der Waals surface area (Å²) in [6, 6.07) is 0.419. The van der Waals surface area contributed by atoms with Gasteiger partial charge in [0.05, 0.1) is 6.54 Å². The Morgan fingerprint density at radius 2 is 1.90 bits per heavy atom. The molecule has 2 unspecified atom stereocenters. The van der Waals surface area contributed by atoms with Crippen molar-refractivity contribution in [1.82, 2.24) is 10.6 Å². The number of hydrogen-bond acceptors (Lipinski definition) is 2. The molecule has 0 aromatic rings. The van der Waals surface area contributed by atoms with Gasteiger partial charge in [-0.05, 0) is 41.0 Å². The number of aliphatic imine (C=N–C) groups is 1. The summed E-state index contributed by atoms with van der Waals surface area (Å²) in [7, 11) is -0.839. The largest absolute Gasteiger partial charge is 0.357 e. The molecule has 0 rings (SSSR count). The SMILES string of the molecule is CCCCCC(C)NC(=NCCS(=O)C(C)(C)C)NCC. The fourth-order valence-corrected chi connectivity index (χ4v) is 2.74. The zero-order valence-electron chi connectivity index (χ0n) is 14.8. The molecule has 0 radical (unpaired) electrons. The van der Waals surface area contributed by atoms with Crippen molar-refractivity contribution >= 4 is 16.8 Å². The molecule has 5 heteroatoms. The number of rotatable bonds is 9. The predicted octanol–water partition coefficient (Wildman–Crippen LogP) is 3.06. The van der Waals surface area contributed by atoms with Gasteiger partial charge in [-0.25, -0.2) is 0 Å². The highest BCUT2D eigenvalue weighted by molar-refractivity contribution is 7.86. The van der Waals surface area contributed by atoms with Crippen LogP contribution in [0.15, 0.2) is 4.99 Å². The van der Waals surface area contributed by atoms with Crippen molar-refractivity contribution in [3.63, 3.8) is 0 Å². The zero-order valence-corrected chi connectivity index (χ0v) is 15.6. The summed E-state index contributed by atoms with van der Waals surface area (Å²) in [5.74, 6) is 1.46. The van der Waals surface area contributed by atoms with Gasteiger partial charge in [-0.3, -0.25) is 9.20 Å². The molecule has 2 N–H and O–H groups in total. The van der Waals surface area contributed by atoms with Gasteiger partial charge >= 0.3 is 0 Å². The first-order valence-electron chi connectivity index (χ1n) is 8.24. The maximum Gasteiger partial charge on any atom is 0.191 e. The van der Waals surface area contributed by atoms with Crippen molar-refractivity contribution in [1.29, 1.82) is 0 Å². The van der Waals surface area contributed by atoms with Crippen LogP contribution in [0.5, 0.6) is 0 Å². The minimum Gasteiger partial charge on any atom is -0.357 e. The van der Waals surface area contributed by atoms with Gasteiger partial charge < -0.3 is 10.6 Å². The van der Waals surface area contributed by atoms with Crippen molar-refractivity contribution in [2.75, 3.05) is 18.8 Å². The fraction of sp³-hybridized carbons (Fsp3) is 0.938. The molecule has 0 aliphatic heterocycles. The van der Waals surface area contributed by atoms with Gasteiger partial charge in [0.15, 0.2) is 5.96 Å². The maximum atomic E-state index is 12.0. The number of guanidine groups is 1. The van der Waals surface area contributed by atoms with Crippen LogP contribution in [0.4, 0.5) is 0 Å². The summed E-state index contributed by atoms with van der Waals surface area (Å²) in [6.45, 7) is 13.9. The van der Waals surface area contributed by atoms with Gasteiger partial charge in [0, 0.05) is 33.9 Å². The minimum atomic E-state index is -0.839. The van der Waals surface area contributed by atoms with Crippen LogP contribution in [0.1, 0.15) is 67.2 Å². The van der Waals surface area contributed by atoms with Crippen LogP contribution in [0.3, 0.4) is 0 Å². The molecule has 0 saturated carbocycles. The van der Waals surface area contributed by atoms with Crippen LogP contribution in [-0.4, -0.2) is 39.8 Å². The van der Waals surface area contributed by atoms with E-state index in [2.05, 4.69) is 36.4 Å². The summed E-state index contributed by atoms with van der Waals surface area (Å²) in [4.78, 5) is 4.54. The van der Waals surface area contributed by atoms with Crippen LogP contribution in [0, 0.1) is 0 Å². The molecule has 0 aliphatic carbocycles. The standard InChI is InChI=1S/C16H35N3OS/c1-7-9-10-11-14(3)19-15(17-8-2)18-12-13-21(20)16(4,5)6/h14H,7-13H2,1-6H3,(H2,17,18,19). The predicted molar refractivity (Wildman–Crippen MR) is 95.5 cm³/mol. The molecule has 0 saturated heterocycles. The molecule has 4 nitrogen and oxygen atoms in total. The lowest BCUT2D eigenvalue weighted by Gasteiger charge is -2.19. The minimum absolute atomic E-state index is 0.158. The molecule has 2 atom stereocenters. The van der Waals surface area contributed by atoms with E-state index in [0.717, 1.165) is 18.9 Å². The lowest BCUT2D eigenvalue weighted by atomic mass is 10.1. The van der Waals surface area contributed by atoms with Gasteiger partial charge in [-0.15, -0.1) is 0 Å². The topological polar surface area (TPSA) is 53.5 Å². The van der Waals surface area contributed by atoms with E-state index in [1.807, 2.05) is 20.8 Å². The third-order valence-electron chi connectivity index (χ3n) is 3.20. The van der Waals surface area contributed by atoms with E-state index >= 15 is 0 Å². The first-order valence-corrected chi connectivity index (χ1v) is 9.56. The van der Waals surface area contributed by atoms with Gasteiger partial charge in [-0.2, -0.15) is 0 Å². The fourth-order valence-electron chi connectivity index (χ4n) is 1.87. The highest BCUT2D eigenvalue weighted by atomic mass is 32.2. The molecule has 0 bridgehead atoms. The molecule has 0 amide bonds. The van der Waals surface area contributed by atoms with Crippen LogP contribution in [-0.2, 0) is 10.8 Å². The molecule has 0 aromatic carbocycles. The zero-order chi connectivity index (χ0) is 16.3. The van der Waals surface area contributed by atoms with Crippen LogP contribution in [0.25, 0.3) is 0 Å². The number of hydrogen-bond donors (Lipinski definition) is 2. The Morgan fingerprint density at radius 3 is 2.43 bits per heavy atom. The third kappa shape index (κ3) is 10.7. The lowest BCUT2D eigenvalue weighted by molar-refractivity contribution is 0.547. The van der Waals surface area contributed by atoms with Gasteiger partial charge in [0.25, 0.3) is 0 Å². The average molecular weight is 318 g/mol. The summed E-state index contributed by atoms with van der Waals surface area (Å²) in [6.07, 6.45) is 4.94. The van der Waals surface area contributed by atoms with E-state index in [9.17, 15) is 4.21 Å². The maximum absolute atomic E-state index is 12.0. The summed E-state index contributed by atoms with van der Waals surface area (Å²) in [5.41, 5.74) is 0. The van der Waals surface area contributed by atoms with Gasteiger partial charge in [0.1, 0.15) is 0 Å². The molecule has 0 heterocycles. The molecular formula is C16H35N3OS. The van der Waals surface area contributed by atoms with Crippen molar-refractivity contribution in [2.24, 2.45) is 4.99 Å². The Morgan fingerprint density at radius 1 is 1.24 bits per heavy atom. The number of nitrogens with zero attached hydrogens (tertiary/aromatic N) is 1. The van der Waals surface area contributed by atoms with Crippen molar-refractivity contribution < 1.29 is 4.21 Å². The first kappa shape index (κ1) is 20.4. The first-order chi connectivity index (χ1) is 9.81. The smallest absolute Gasteiger partial charge is 0.191 e. The third-order valence-corrected chi connectivity index (χ3v) is 5.12. The molecular weight excluding hydrogens is 282 g/mol. The lowest BCUT2D eigenvalue weighted by Crippen LogP contribution is -2.42. The van der Waals surface area contributed by atoms with Gasteiger partial charge in [-0.1, -0.05) is 26.2 Å². The van der Waals surface area contributed by atoms with E-state index in [1.54, 1.807) is 0 Å². The number of nitrogens with one attached hydrogen (secondary N) is 2. The molecule has 0 fully saturated rings. The number of unbranched alkanes of at least 4 members (excludes halogenated alkanes) is 2. The van der Waals surface area contributed by atoms with E-state index in [-0.39, 0.29) is 4.75 Å². The molecule has 21 heavy (non-hydrogen) atoms. The second kappa shape index (κ2) is 11.0. The van der Waals surface area contributed by atoms with Crippen LogP contribution < -0.4 is 10.6 Å². The summed E-state index contributed by atoms with van der Waals surface area (Å²) >= 11 is 0. The summed E-state index contributed by atoms with van der Waals surface area (Å²) < 4.78 is 11.8. The van der Waals surface area contributed by atoms with Crippen molar-refractivity contribution in [3.8, 4) is 0 Å². The molecule has 0 spiro atoms. The average Bonchev–Trinajstić information content (AvgIpc) is 2.38. The van der Waals surface area contributed by atoms with E-state index in [0.29, 0.717) is 18.3 Å². The Balaban J connectivity index is 4.27. The molecule has 0 aliphatic rings. The van der Waals surface area contributed by atoms with Crippen molar-refractivity contribution in [3.05, 3.63) is 0 Å². The van der Waals surface area contributed by atoms with Crippen molar-refractivity contribution in [2.45, 2.75) is 78.0 Å². The highest BCUT2D eigenvalue weighted by Crippen LogP contribution is 2.10. The van der Waals surface area contributed by atoms with Crippen LogP contribution in [0.2, 0.25) is 0 Å². The Hall–Kier alpha value is -0.580. The Kier molecular flexibility index (Phi) is 10.7. The second-order valence-corrected chi connectivity index (χ2v) is 8.79. The van der Waals surface area contributed by atoms with E-state index < -0.39 is 10.8 Å². The molecule has 126 valence electrons. The summed E-state index contributed by atoms with van der Waals surface area (Å²) in [5, 5.41) is 6.69. The van der Waals surface area contributed by atoms with E-state index in [1.165, 1.54) is 19.3 Å². The van der Waals surface area contributed by atoms with Crippen LogP contribution >= 0.6 is 0 Å². The van der Waals surface area contributed by atoms with Gasteiger partial charge in [0.2, 0.25) is 0 Å². The normalized spacial score (nSPS) is 15.6. The monoisotopic (exact) mass is 317 g/mol. The highest BCUT2D eigenvalue weighted by Gasteiger charge is 2.18. The Bertz CT molecular complexity index is 324. The molecule has 0 aromatic heterocycles. The second-order valence-electron chi connectivity index (χ2n) is 6.46. The Labute approximate surface area is 134 Å². The van der Waals surface area contributed by atoms with E-state index in [4.69, 9.17) is 0 Å².